The van der Waals surface area contributed by atoms with Crippen LogP contribution in [-0.2, 0) is 0 Å². The van der Waals surface area contributed by atoms with Crippen molar-refractivity contribution in [1.82, 2.24) is 4.98 Å². The summed E-state index contributed by atoms with van der Waals surface area (Å²) < 4.78 is 5.11. The van der Waals surface area contributed by atoms with Gasteiger partial charge < -0.3 is 10.5 Å². The van der Waals surface area contributed by atoms with Crippen LogP contribution in [0.5, 0.6) is 5.75 Å². The van der Waals surface area contributed by atoms with E-state index in [1.165, 1.54) is 0 Å². The number of methoxy groups -OCH3 is 1. The van der Waals surface area contributed by atoms with Crippen molar-refractivity contribution in [2.45, 2.75) is 19.8 Å². The number of carbonyl (C=O) groups excluding carboxylic acids is 1. The average Bonchev–Trinajstić information content (AvgIpc) is 2.34. The molecule has 2 N–H and O–H groups in total. The number of hydrogen-bond donors (Lipinski definition) is 1. The molecule has 4 nitrogen and oxygen atoms in total. The Bertz CT molecular complexity index is 353. The van der Waals surface area contributed by atoms with Gasteiger partial charge >= 0.3 is 0 Å². The number of ether oxygens (including phenoxy) is 1. The first-order valence-electron chi connectivity index (χ1n) is 5.44. The van der Waals surface area contributed by atoms with Gasteiger partial charge in [0, 0.05) is 12.1 Å². The van der Waals surface area contributed by atoms with Crippen molar-refractivity contribution in [3.8, 4) is 5.75 Å². The van der Waals surface area contributed by atoms with Crippen LogP contribution < -0.4 is 10.5 Å². The van der Waals surface area contributed by atoms with Gasteiger partial charge in [0.05, 0.1) is 7.11 Å². The standard InChI is InChI=1S/C12H18N2O2/c1-9(5-3-7-13)12(15)11-10(16-2)6-4-8-14-11/h4,6,8-9H,3,5,7,13H2,1-2H3. The second kappa shape index (κ2) is 6.23. The molecular weight excluding hydrogens is 204 g/mol. The molecule has 1 aromatic rings. The van der Waals surface area contributed by atoms with Gasteiger partial charge in [0.25, 0.3) is 0 Å². The van der Waals surface area contributed by atoms with Crippen molar-refractivity contribution < 1.29 is 9.53 Å². The number of hydrogen-bond acceptors (Lipinski definition) is 4. The van der Waals surface area contributed by atoms with E-state index in [4.69, 9.17) is 10.5 Å². The summed E-state index contributed by atoms with van der Waals surface area (Å²) in [6, 6.07) is 3.50. The van der Waals surface area contributed by atoms with E-state index in [-0.39, 0.29) is 11.7 Å². The summed E-state index contributed by atoms with van der Waals surface area (Å²) in [6.07, 6.45) is 3.24. The molecule has 1 unspecified atom stereocenters. The molecule has 0 spiro atoms. The Morgan fingerprint density at radius 3 is 3.00 bits per heavy atom. The van der Waals surface area contributed by atoms with Crippen molar-refractivity contribution in [2.24, 2.45) is 11.7 Å². The maximum Gasteiger partial charge on any atom is 0.187 e. The zero-order valence-electron chi connectivity index (χ0n) is 9.77. The topological polar surface area (TPSA) is 65.2 Å². The number of Topliss-reactive ketones (excluding diaryl/α,β-unsaturated/α-hetero) is 1. The SMILES string of the molecule is COc1cccnc1C(=O)C(C)CCCN. The largest absolute Gasteiger partial charge is 0.494 e. The van der Waals surface area contributed by atoms with Crippen LogP contribution in [0.25, 0.3) is 0 Å². The lowest BCUT2D eigenvalue weighted by Gasteiger charge is -2.11. The Morgan fingerprint density at radius 2 is 2.38 bits per heavy atom. The Morgan fingerprint density at radius 1 is 1.62 bits per heavy atom. The smallest absolute Gasteiger partial charge is 0.187 e. The highest BCUT2D eigenvalue weighted by Crippen LogP contribution is 2.20. The van der Waals surface area contributed by atoms with Gasteiger partial charge in [0.1, 0.15) is 11.4 Å². The Labute approximate surface area is 95.8 Å². The molecule has 0 amide bonds. The van der Waals surface area contributed by atoms with E-state index in [2.05, 4.69) is 4.98 Å². The maximum atomic E-state index is 12.0. The molecule has 1 rings (SSSR count). The van der Waals surface area contributed by atoms with E-state index >= 15 is 0 Å². The number of pyridine rings is 1. The van der Waals surface area contributed by atoms with Crippen LogP contribution in [0.15, 0.2) is 18.3 Å². The van der Waals surface area contributed by atoms with Gasteiger partial charge in [-0.05, 0) is 31.5 Å². The summed E-state index contributed by atoms with van der Waals surface area (Å²) >= 11 is 0. The zero-order chi connectivity index (χ0) is 12.0. The Balaban J connectivity index is 2.79. The predicted octanol–water partition coefficient (Wildman–Crippen LogP) is 1.65. The molecule has 16 heavy (non-hydrogen) atoms. The average molecular weight is 222 g/mol. The van der Waals surface area contributed by atoms with Crippen molar-refractivity contribution in [2.75, 3.05) is 13.7 Å². The van der Waals surface area contributed by atoms with Gasteiger partial charge in [-0.2, -0.15) is 0 Å². The second-order valence-electron chi connectivity index (χ2n) is 3.75. The minimum Gasteiger partial charge on any atom is -0.494 e. The summed E-state index contributed by atoms with van der Waals surface area (Å²) in [4.78, 5) is 16.1. The first kappa shape index (κ1) is 12.6. The van der Waals surface area contributed by atoms with E-state index in [1.54, 1.807) is 25.4 Å². The van der Waals surface area contributed by atoms with Gasteiger partial charge in [0.15, 0.2) is 5.78 Å². The fourth-order valence-electron chi connectivity index (χ4n) is 1.53. The minimum atomic E-state index is -0.0626. The lowest BCUT2D eigenvalue weighted by atomic mass is 9.97. The van der Waals surface area contributed by atoms with Gasteiger partial charge in [-0.15, -0.1) is 0 Å². The van der Waals surface area contributed by atoms with Crippen molar-refractivity contribution in [3.05, 3.63) is 24.0 Å². The van der Waals surface area contributed by atoms with E-state index in [1.807, 2.05) is 6.92 Å². The molecule has 0 aliphatic rings. The molecule has 0 saturated heterocycles. The van der Waals surface area contributed by atoms with Crippen LogP contribution in [0.2, 0.25) is 0 Å². The van der Waals surface area contributed by atoms with Crippen LogP contribution in [0.1, 0.15) is 30.3 Å². The molecule has 1 aromatic heterocycles. The monoisotopic (exact) mass is 222 g/mol. The highest BCUT2D eigenvalue weighted by Gasteiger charge is 2.19. The molecule has 0 aliphatic carbocycles. The summed E-state index contributed by atoms with van der Waals surface area (Å²) in [5.41, 5.74) is 5.83. The van der Waals surface area contributed by atoms with Crippen molar-refractivity contribution in [3.63, 3.8) is 0 Å². The molecule has 0 aliphatic heterocycles. The van der Waals surface area contributed by atoms with E-state index in [0.29, 0.717) is 18.0 Å². The van der Waals surface area contributed by atoms with Crippen LogP contribution in [0.3, 0.4) is 0 Å². The molecule has 0 saturated carbocycles. The second-order valence-corrected chi connectivity index (χ2v) is 3.75. The number of aromatic nitrogens is 1. The summed E-state index contributed by atoms with van der Waals surface area (Å²) in [6.45, 7) is 2.50. The molecule has 0 bridgehead atoms. The minimum absolute atomic E-state index is 0.0194. The number of carbonyl (C=O) groups is 1. The molecular formula is C12H18N2O2. The van der Waals surface area contributed by atoms with Gasteiger partial charge in [-0.1, -0.05) is 6.92 Å². The molecule has 4 heteroatoms. The van der Waals surface area contributed by atoms with E-state index < -0.39 is 0 Å². The third kappa shape index (κ3) is 3.03. The number of rotatable bonds is 6. The Hall–Kier alpha value is -1.42. The van der Waals surface area contributed by atoms with E-state index in [0.717, 1.165) is 12.8 Å². The highest BCUT2D eigenvalue weighted by atomic mass is 16.5. The maximum absolute atomic E-state index is 12.0. The predicted molar refractivity (Wildman–Crippen MR) is 62.6 cm³/mol. The fourth-order valence-corrected chi connectivity index (χ4v) is 1.53. The third-order valence-corrected chi connectivity index (χ3v) is 2.51. The molecule has 88 valence electrons. The van der Waals surface area contributed by atoms with Crippen molar-refractivity contribution >= 4 is 5.78 Å². The Kier molecular flexibility index (Phi) is 4.92. The van der Waals surface area contributed by atoms with Crippen molar-refractivity contribution in [1.29, 1.82) is 0 Å². The molecule has 0 radical (unpaired) electrons. The van der Waals surface area contributed by atoms with Crippen LogP contribution >= 0.6 is 0 Å². The lowest BCUT2D eigenvalue weighted by Crippen LogP contribution is -2.15. The number of nitrogens with zero attached hydrogens (tertiary/aromatic N) is 1. The lowest BCUT2D eigenvalue weighted by molar-refractivity contribution is 0.0914. The molecule has 0 aromatic carbocycles. The first-order chi connectivity index (χ1) is 7.70. The summed E-state index contributed by atoms with van der Waals surface area (Å²) in [5.74, 6) is 0.491. The van der Waals surface area contributed by atoms with Crippen LogP contribution in [-0.4, -0.2) is 24.4 Å². The van der Waals surface area contributed by atoms with E-state index in [9.17, 15) is 4.79 Å². The normalized spacial score (nSPS) is 12.2. The third-order valence-electron chi connectivity index (χ3n) is 2.51. The van der Waals surface area contributed by atoms with Crippen LogP contribution in [0, 0.1) is 5.92 Å². The quantitative estimate of drug-likeness (QED) is 0.743. The fraction of sp³-hybridized carbons (Fsp3) is 0.500. The molecule has 0 fully saturated rings. The van der Waals surface area contributed by atoms with Gasteiger partial charge in [-0.25, -0.2) is 4.98 Å². The van der Waals surface area contributed by atoms with Crippen LogP contribution in [0.4, 0.5) is 0 Å². The van der Waals surface area contributed by atoms with Gasteiger partial charge in [-0.3, -0.25) is 4.79 Å². The molecule has 1 heterocycles. The first-order valence-corrected chi connectivity index (χ1v) is 5.44. The summed E-state index contributed by atoms with van der Waals surface area (Å²) in [5, 5.41) is 0. The molecule has 1 atom stereocenters. The number of ketones is 1. The number of nitrogens with two attached hydrogens (primary N) is 1. The van der Waals surface area contributed by atoms with Gasteiger partial charge in [0.2, 0.25) is 0 Å². The highest BCUT2D eigenvalue weighted by molar-refractivity contribution is 5.98. The summed E-state index contributed by atoms with van der Waals surface area (Å²) in [7, 11) is 1.54. The zero-order valence-corrected chi connectivity index (χ0v) is 9.77.